The van der Waals surface area contributed by atoms with Gasteiger partial charge in [-0.2, -0.15) is 0 Å². The molecule has 44 valence electrons. The fraction of sp³-hybridized carbons (Fsp3) is 1.00. The van der Waals surface area contributed by atoms with Gasteiger partial charge in [0.15, 0.2) is 5.56 Å². The number of alkyl halides is 1. The Kier molecular flexibility index (Phi) is 4.50. The molecule has 7 heavy (non-hydrogen) atoms. The normalized spacial score (nSPS) is 14.1. The van der Waals surface area contributed by atoms with E-state index in [1.54, 1.807) is 0 Å². The van der Waals surface area contributed by atoms with Crippen LogP contribution >= 0.6 is 11.6 Å². The summed E-state index contributed by atoms with van der Waals surface area (Å²) >= 11 is 5.29. The molecule has 1 atom stereocenters. The Morgan fingerprint density at radius 3 is 2.57 bits per heavy atom. The van der Waals surface area contributed by atoms with Crippen LogP contribution in [0.1, 0.15) is 6.92 Å². The van der Waals surface area contributed by atoms with Gasteiger partial charge in [-0.15, -0.1) is 0 Å². The van der Waals surface area contributed by atoms with Gasteiger partial charge in [0.2, 0.25) is 0 Å². The second-order valence-corrected chi connectivity index (χ2v) is 1.53. The fourth-order valence-electron chi connectivity index (χ4n) is 0.234. The molecule has 2 nitrogen and oxygen atoms in total. The number of ether oxygens (including phenoxy) is 1. The van der Waals surface area contributed by atoms with Gasteiger partial charge in [-0.25, -0.2) is 0 Å². The van der Waals surface area contributed by atoms with Crippen LogP contribution in [-0.2, 0) is 4.74 Å². The van der Waals surface area contributed by atoms with Gasteiger partial charge in [0.1, 0.15) is 0 Å². The standard InChI is InChI=1S/C4H9ClO2/c1-2-7-4(5)3-6/h4,6H,2-3H2,1H3. The van der Waals surface area contributed by atoms with E-state index in [9.17, 15) is 0 Å². The Morgan fingerprint density at radius 2 is 2.43 bits per heavy atom. The highest BCUT2D eigenvalue weighted by Gasteiger charge is 1.96. The van der Waals surface area contributed by atoms with Crippen molar-refractivity contribution < 1.29 is 9.84 Å². The Bertz CT molecular complexity index is 40.7. The summed E-state index contributed by atoms with van der Waals surface area (Å²) in [4.78, 5) is 0. The molecule has 1 unspecified atom stereocenters. The minimum atomic E-state index is -0.523. The first-order valence-electron chi connectivity index (χ1n) is 2.17. The first kappa shape index (κ1) is 7.21. The van der Waals surface area contributed by atoms with Crippen molar-refractivity contribution in [2.75, 3.05) is 13.2 Å². The van der Waals surface area contributed by atoms with E-state index < -0.39 is 5.56 Å². The Hall–Kier alpha value is 0.210. The van der Waals surface area contributed by atoms with Gasteiger partial charge in [0, 0.05) is 6.61 Å². The molecule has 1 N–H and O–H groups in total. The second-order valence-electron chi connectivity index (χ2n) is 1.05. The van der Waals surface area contributed by atoms with Gasteiger partial charge in [0.25, 0.3) is 0 Å². The Morgan fingerprint density at radius 1 is 1.86 bits per heavy atom. The molecule has 0 spiro atoms. The molecule has 0 aromatic rings. The van der Waals surface area contributed by atoms with Gasteiger partial charge in [-0.1, -0.05) is 11.6 Å². The van der Waals surface area contributed by atoms with Crippen molar-refractivity contribution in [1.29, 1.82) is 0 Å². The summed E-state index contributed by atoms with van der Waals surface area (Å²) in [5.74, 6) is 0. The lowest BCUT2D eigenvalue weighted by Gasteiger charge is -2.02. The monoisotopic (exact) mass is 124 g/mol. The molecule has 0 radical (unpaired) electrons. The predicted molar refractivity (Wildman–Crippen MR) is 28.4 cm³/mol. The molecule has 0 aliphatic heterocycles. The van der Waals surface area contributed by atoms with Crippen LogP contribution in [0.25, 0.3) is 0 Å². The first-order chi connectivity index (χ1) is 3.31. The minimum Gasteiger partial charge on any atom is -0.392 e. The van der Waals surface area contributed by atoms with Crippen molar-refractivity contribution in [3.8, 4) is 0 Å². The molecular weight excluding hydrogens is 115 g/mol. The van der Waals surface area contributed by atoms with Crippen molar-refractivity contribution in [2.24, 2.45) is 0 Å². The smallest absolute Gasteiger partial charge is 0.154 e. The third-order valence-electron chi connectivity index (χ3n) is 0.491. The van der Waals surface area contributed by atoms with E-state index in [1.165, 1.54) is 0 Å². The van der Waals surface area contributed by atoms with Gasteiger partial charge in [0.05, 0.1) is 6.61 Å². The van der Waals surface area contributed by atoms with E-state index in [0.29, 0.717) is 6.61 Å². The lowest BCUT2D eigenvalue weighted by molar-refractivity contribution is 0.0724. The molecular formula is C4H9ClO2. The molecule has 0 heterocycles. The van der Waals surface area contributed by atoms with Crippen molar-refractivity contribution >= 4 is 11.6 Å². The van der Waals surface area contributed by atoms with Gasteiger partial charge < -0.3 is 9.84 Å². The molecule has 0 aromatic carbocycles. The van der Waals surface area contributed by atoms with E-state index in [1.807, 2.05) is 6.92 Å². The number of aliphatic hydroxyl groups excluding tert-OH is 1. The zero-order valence-corrected chi connectivity index (χ0v) is 4.98. The fourth-order valence-corrected chi connectivity index (χ4v) is 0.360. The lowest BCUT2D eigenvalue weighted by Crippen LogP contribution is -2.08. The van der Waals surface area contributed by atoms with E-state index in [4.69, 9.17) is 21.4 Å². The van der Waals surface area contributed by atoms with Crippen LogP contribution in [0.2, 0.25) is 0 Å². The third kappa shape index (κ3) is 4.05. The van der Waals surface area contributed by atoms with Crippen LogP contribution in [-0.4, -0.2) is 23.9 Å². The first-order valence-corrected chi connectivity index (χ1v) is 2.61. The summed E-state index contributed by atoms with van der Waals surface area (Å²) in [7, 11) is 0. The molecule has 0 amide bonds. The van der Waals surface area contributed by atoms with Gasteiger partial charge >= 0.3 is 0 Å². The quantitative estimate of drug-likeness (QED) is 0.558. The third-order valence-corrected chi connectivity index (χ3v) is 0.755. The second kappa shape index (κ2) is 4.37. The largest absolute Gasteiger partial charge is 0.392 e. The average molecular weight is 125 g/mol. The molecule has 0 saturated heterocycles. The van der Waals surface area contributed by atoms with Crippen molar-refractivity contribution in [1.82, 2.24) is 0 Å². The van der Waals surface area contributed by atoms with Crippen LogP contribution in [0, 0.1) is 0 Å². The number of hydrogen-bond acceptors (Lipinski definition) is 2. The zero-order valence-electron chi connectivity index (χ0n) is 4.22. The van der Waals surface area contributed by atoms with Crippen LogP contribution in [0.15, 0.2) is 0 Å². The van der Waals surface area contributed by atoms with Crippen molar-refractivity contribution in [3.05, 3.63) is 0 Å². The molecule has 0 aliphatic rings. The Balaban J connectivity index is 2.83. The number of aliphatic hydroxyl groups is 1. The predicted octanol–water partition coefficient (Wildman–Crippen LogP) is 0.580. The maximum atomic E-state index is 8.21. The summed E-state index contributed by atoms with van der Waals surface area (Å²) in [6.07, 6.45) is 0. The average Bonchev–Trinajstić information content (AvgIpc) is 1.68. The maximum Gasteiger partial charge on any atom is 0.154 e. The van der Waals surface area contributed by atoms with E-state index in [2.05, 4.69) is 0 Å². The number of hydrogen-bond donors (Lipinski definition) is 1. The van der Waals surface area contributed by atoms with Crippen molar-refractivity contribution in [2.45, 2.75) is 12.5 Å². The van der Waals surface area contributed by atoms with Crippen molar-refractivity contribution in [3.63, 3.8) is 0 Å². The summed E-state index contributed by atoms with van der Waals surface area (Å²) in [5, 5.41) is 8.21. The summed E-state index contributed by atoms with van der Waals surface area (Å²) < 4.78 is 4.71. The molecule has 0 rings (SSSR count). The molecule has 0 fully saturated rings. The van der Waals surface area contributed by atoms with E-state index >= 15 is 0 Å². The summed E-state index contributed by atoms with van der Waals surface area (Å²) in [6, 6.07) is 0. The molecule has 0 saturated carbocycles. The number of rotatable bonds is 3. The van der Waals surface area contributed by atoms with Crippen LogP contribution in [0.5, 0.6) is 0 Å². The topological polar surface area (TPSA) is 29.5 Å². The van der Waals surface area contributed by atoms with Crippen LogP contribution in [0.4, 0.5) is 0 Å². The van der Waals surface area contributed by atoms with E-state index in [-0.39, 0.29) is 6.61 Å². The van der Waals surface area contributed by atoms with Gasteiger partial charge in [-0.05, 0) is 6.92 Å². The highest BCUT2D eigenvalue weighted by molar-refractivity contribution is 6.19. The SMILES string of the molecule is CCOC(Cl)CO. The minimum absolute atomic E-state index is 0.116. The van der Waals surface area contributed by atoms with Crippen LogP contribution in [0.3, 0.4) is 0 Å². The van der Waals surface area contributed by atoms with Crippen LogP contribution < -0.4 is 0 Å². The highest BCUT2D eigenvalue weighted by Crippen LogP contribution is 1.93. The maximum absolute atomic E-state index is 8.21. The molecule has 0 bridgehead atoms. The molecule has 0 aliphatic carbocycles. The number of halogens is 1. The molecule has 0 aromatic heterocycles. The zero-order chi connectivity index (χ0) is 5.70. The Labute approximate surface area is 48.0 Å². The summed E-state index contributed by atoms with van der Waals surface area (Å²) in [5.41, 5.74) is -0.523. The molecule has 3 heteroatoms. The lowest BCUT2D eigenvalue weighted by atomic mass is 10.7. The summed E-state index contributed by atoms with van der Waals surface area (Å²) in [6.45, 7) is 2.26. The van der Waals surface area contributed by atoms with Gasteiger partial charge in [-0.3, -0.25) is 0 Å². The highest BCUT2D eigenvalue weighted by atomic mass is 35.5. The van der Waals surface area contributed by atoms with E-state index in [0.717, 1.165) is 0 Å².